The van der Waals surface area contributed by atoms with Crippen LogP contribution in [-0.4, -0.2) is 25.0 Å². The molecule has 0 aliphatic heterocycles. The zero-order valence-electron chi connectivity index (χ0n) is 11.4. The summed E-state index contributed by atoms with van der Waals surface area (Å²) >= 11 is 5.76. The summed E-state index contributed by atoms with van der Waals surface area (Å²) in [6.45, 7) is 0.459. The highest BCUT2D eigenvalue weighted by Crippen LogP contribution is 2.12. The highest BCUT2D eigenvalue weighted by molar-refractivity contribution is 6.29. The largest absolute Gasteiger partial charge is 0.378 e. The summed E-state index contributed by atoms with van der Waals surface area (Å²) in [5, 5.41) is 3.13. The van der Waals surface area contributed by atoms with Crippen molar-refractivity contribution in [1.82, 2.24) is 10.3 Å². The number of hydrogen-bond acceptors (Lipinski definition) is 3. The van der Waals surface area contributed by atoms with E-state index in [1.807, 2.05) is 43.3 Å². The Bertz CT molecular complexity index is 596. The van der Waals surface area contributed by atoms with Crippen molar-refractivity contribution < 1.29 is 4.79 Å². The highest BCUT2D eigenvalue weighted by Gasteiger charge is 2.07. The molecule has 104 valence electrons. The van der Waals surface area contributed by atoms with Crippen molar-refractivity contribution in [2.75, 3.05) is 19.0 Å². The first-order valence-electron chi connectivity index (χ1n) is 6.23. The zero-order valence-corrected chi connectivity index (χ0v) is 12.2. The summed E-state index contributed by atoms with van der Waals surface area (Å²) < 4.78 is 0. The fourth-order valence-corrected chi connectivity index (χ4v) is 1.88. The van der Waals surface area contributed by atoms with Gasteiger partial charge in [0.15, 0.2) is 0 Å². The van der Waals surface area contributed by atoms with Crippen LogP contribution in [0.2, 0.25) is 5.15 Å². The van der Waals surface area contributed by atoms with E-state index in [-0.39, 0.29) is 5.91 Å². The molecular formula is C15H16ClN3O. The van der Waals surface area contributed by atoms with E-state index in [1.165, 1.54) is 0 Å². The van der Waals surface area contributed by atoms with Gasteiger partial charge in [-0.1, -0.05) is 29.8 Å². The minimum atomic E-state index is -0.232. The topological polar surface area (TPSA) is 45.2 Å². The first kappa shape index (κ1) is 14.3. The monoisotopic (exact) mass is 289 g/mol. The summed E-state index contributed by atoms with van der Waals surface area (Å²) in [6, 6.07) is 13.0. The Morgan fingerprint density at radius 3 is 2.50 bits per heavy atom. The van der Waals surface area contributed by atoms with E-state index in [2.05, 4.69) is 10.3 Å². The molecule has 4 nitrogen and oxygen atoms in total. The molecule has 20 heavy (non-hydrogen) atoms. The molecule has 1 aromatic carbocycles. The lowest BCUT2D eigenvalue weighted by atomic mass is 10.2. The third-order valence-corrected chi connectivity index (χ3v) is 3.06. The van der Waals surface area contributed by atoms with Gasteiger partial charge in [0.05, 0.1) is 0 Å². The molecule has 1 N–H and O–H groups in total. The van der Waals surface area contributed by atoms with Gasteiger partial charge in [-0.25, -0.2) is 4.98 Å². The van der Waals surface area contributed by atoms with Crippen LogP contribution in [0, 0.1) is 0 Å². The minimum absolute atomic E-state index is 0.232. The van der Waals surface area contributed by atoms with Gasteiger partial charge in [-0.3, -0.25) is 4.79 Å². The molecule has 0 spiro atoms. The smallest absolute Gasteiger partial charge is 0.270 e. The number of rotatable bonds is 4. The predicted molar refractivity (Wildman–Crippen MR) is 81.2 cm³/mol. The first-order valence-corrected chi connectivity index (χ1v) is 6.61. The Labute approximate surface area is 123 Å². The summed E-state index contributed by atoms with van der Waals surface area (Å²) in [5.74, 6) is -0.232. The lowest BCUT2D eigenvalue weighted by molar-refractivity contribution is 0.0946. The quantitative estimate of drug-likeness (QED) is 0.880. The zero-order chi connectivity index (χ0) is 14.5. The van der Waals surface area contributed by atoms with Crippen molar-refractivity contribution in [2.24, 2.45) is 0 Å². The third-order valence-electron chi connectivity index (χ3n) is 2.85. The number of carbonyl (C=O) groups is 1. The molecule has 1 aromatic heterocycles. The molecule has 0 fully saturated rings. The molecule has 2 aromatic rings. The molecule has 0 saturated carbocycles. The first-order chi connectivity index (χ1) is 9.56. The van der Waals surface area contributed by atoms with Gasteiger partial charge in [-0.05, 0) is 29.8 Å². The average molecular weight is 290 g/mol. The van der Waals surface area contributed by atoms with E-state index in [1.54, 1.807) is 18.2 Å². The van der Waals surface area contributed by atoms with Crippen LogP contribution in [0.4, 0.5) is 5.69 Å². The Morgan fingerprint density at radius 2 is 1.90 bits per heavy atom. The number of benzene rings is 1. The van der Waals surface area contributed by atoms with E-state index in [0.717, 1.165) is 11.3 Å². The number of nitrogens with zero attached hydrogens (tertiary/aromatic N) is 2. The second-order valence-corrected chi connectivity index (χ2v) is 4.98. The lowest BCUT2D eigenvalue weighted by Crippen LogP contribution is -2.23. The predicted octanol–water partition coefficient (Wildman–Crippen LogP) is 2.73. The number of anilines is 1. The summed E-state index contributed by atoms with van der Waals surface area (Å²) in [7, 11) is 3.98. The van der Waals surface area contributed by atoms with E-state index in [9.17, 15) is 4.79 Å². The van der Waals surface area contributed by atoms with E-state index < -0.39 is 0 Å². The van der Waals surface area contributed by atoms with Crippen LogP contribution in [0.1, 0.15) is 16.1 Å². The van der Waals surface area contributed by atoms with Crippen LogP contribution >= 0.6 is 11.6 Å². The Balaban J connectivity index is 1.96. The number of carbonyl (C=O) groups excluding carboxylic acids is 1. The molecule has 5 heteroatoms. The molecule has 0 atom stereocenters. The van der Waals surface area contributed by atoms with Gasteiger partial charge in [0, 0.05) is 26.3 Å². The maximum Gasteiger partial charge on any atom is 0.270 e. The van der Waals surface area contributed by atoms with Crippen LogP contribution < -0.4 is 10.2 Å². The van der Waals surface area contributed by atoms with Crippen molar-refractivity contribution in [3.8, 4) is 0 Å². The van der Waals surface area contributed by atoms with Crippen LogP contribution in [0.3, 0.4) is 0 Å². The second-order valence-electron chi connectivity index (χ2n) is 4.59. The molecule has 0 bridgehead atoms. The minimum Gasteiger partial charge on any atom is -0.378 e. The van der Waals surface area contributed by atoms with Crippen molar-refractivity contribution in [3.05, 3.63) is 58.9 Å². The number of hydrogen-bond donors (Lipinski definition) is 1. The number of halogens is 1. The van der Waals surface area contributed by atoms with Gasteiger partial charge in [-0.15, -0.1) is 0 Å². The van der Waals surface area contributed by atoms with Gasteiger partial charge < -0.3 is 10.2 Å². The lowest BCUT2D eigenvalue weighted by Gasteiger charge is -2.12. The maximum atomic E-state index is 11.9. The van der Waals surface area contributed by atoms with Gasteiger partial charge >= 0.3 is 0 Å². The van der Waals surface area contributed by atoms with Gasteiger partial charge in [0.1, 0.15) is 10.8 Å². The second kappa shape index (κ2) is 6.39. The molecule has 0 aliphatic carbocycles. The summed E-state index contributed by atoms with van der Waals surface area (Å²) in [5.41, 5.74) is 2.48. The fourth-order valence-electron chi connectivity index (χ4n) is 1.72. The van der Waals surface area contributed by atoms with E-state index >= 15 is 0 Å². The summed E-state index contributed by atoms with van der Waals surface area (Å²) in [4.78, 5) is 17.9. The fraction of sp³-hybridized carbons (Fsp3) is 0.200. The maximum absolute atomic E-state index is 11.9. The number of pyridine rings is 1. The normalized spacial score (nSPS) is 10.2. The Morgan fingerprint density at radius 1 is 1.20 bits per heavy atom. The molecule has 0 saturated heterocycles. The van der Waals surface area contributed by atoms with Gasteiger partial charge in [-0.2, -0.15) is 0 Å². The Hall–Kier alpha value is -2.07. The molecule has 1 amide bonds. The van der Waals surface area contributed by atoms with Gasteiger partial charge in [0.2, 0.25) is 0 Å². The molecular weight excluding hydrogens is 274 g/mol. The van der Waals surface area contributed by atoms with Crippen molar-refractivity contribution in [2.45, 2.75) is 6.54 Å². The Kier molecular flexibility index (Phi) is 4.58. The van der Waals surface area contributed by atoms with Crippen LogP contribution in [0.25, 0.3) is 0 Å². The molecule has 0 aliphatic rings. The highest BCUT2D eigenvalue weighted by atomic mass is 35.5. The number of amides is 1. The van der Waals surface area contributed by atoms with Crippen LogP contribution in [0.15, 0.2) is 42.5 Å². The standard InChI is InChI=1S/C15H16ClN3O/c1-19(2)12-8-6-11(7-9-12)10-17-15(20)13-4-3-5-14(16)18-13/h3-9H,10H2,1-2H3,(H,17,20). The molecule has 2 rings (SSSR count). The average Bonchev–Trinajstić information content (AvgIpc) is 2.45. The van der Waals surface area contributed by atoms with E-state index in [4.69, 9.17) is 11.6 Å². The van der Waals surface area contributed by atoms with Gasteiger partial charge in [0.25, 0.3) is 5.91 Å². The van der Waals surface area contributed by atoms with Crippen molar-refractivity contribution in [3.63, 3.8) is 0 Å². The number of nitrogens with one attached hydrogen (secondary N) is 1. The third kappa shape index (κ3) is 3.71. The number of aromatic nitrogens is 1. The van der Waals surface area contributed by atoms with Crippen molar-refractivity contribution >= 4 is 23.2 Å². The van der Waals surface area contributed by atoms with Crippen LogP contribution in [0.5, 0.6) is 0 Å². The van der Waals surface area contributed by atoms with Crippen LogP contribution in [-0.2, 0) is 6.54 Å². The molecule has 0 radical (unpaired) electrons. The SMILES string of the molecule is CN(C)c1ccc(CNC(=O)c2cccc(Cl)n2)cc1. The van der Waals surface area contributed by atoms with E-state index in [0.29, 0.717) is 17.4 Å². The molecule has 0 unspecified atom stereocenters. The van der Waals surface area contributed by atoms with Crippen molar-refractivity contribution in [1.29, 1.82) is 0 Å². The summed E-state index contributed by atoms with van der Waals surface area (Å²) in [6.07, 6.45) is 0. The molecule has 1 heterocycles.